The van der Waals surface area contributed by atoms with Gasteiger partial charge in [0.05, 0.1) is 18.4 Å². The molecule has 1 amide bonds. The van der Waals surface area contributed by atoms with Crippen molar-refractivity contribution in [3.8, 4) is 0 Å². The van der Waals surface area contributed by atoms with Gasteiger partial charge in [0.15, 0.2) is 0 Å². The third kappa shape index (κ3) is 5.57. The zero-order valence-corrected chi connectivity index (χ0v) is 13.3. The third-order valence-electron chi connectivity index (χ3n) is 3.07. The molecule has 0 radical (unpaired) electrons. The van der Waals surface area contributed by atoms with Crippen molar-refractivity contribution in [1.29, 1.82) is 0 Å². The van der Waals surface area contributed by atoms with E-state index >= 15 is 0 Å². The van der Waals surface area contributed by atoms with E-state index in [4.69, 9.17) is 4.74 Å². The number of nitrogens with one attached hydrogen (secondary N) is 1. The van der Waals surface area contributed by atoms with Crippen molar-refractivity contribution in [3.63, 3.8) is 0 Å². The fraction of sp³-hybridized carbons (Fsp3) is 0.167. The van der Waals surface area contributed by atoms with Crippen LogP contribution in [0.4, 0.5) is 4.79 Å². The zero-order chi connectivity index (χ0) is 17.2. The highest BCUT2D eigenvalue weighted by Gasteiger charge is 2.05. The Morgan fingerprint density at radius 1 is 1.21 bits per heavy atom. The van der Waals surface area contributed by atoms with Gasteiger partial charge < -0.3 is 14.8 Å². The molecule has 0 unspecified atom stereocenters. The van der Waals surface area contributed by atoms with Crippen LogP contribution in [0, 0.1) is 0 Å². The van der Waals surface area contributed by atoms with Crippen molar-refractivity contribution in [2.45, 2.75) is 6.61 Å². The summed E-state index contributed by atoms with van der Waals surface area (Å²) < 4.78 is 9.73. The molecule has 0 aliphatic heterocycles. The molecular formula is C18H18N2O4. The number of ether oxygens (including phenoxy) is 2. The van der Waals surface area contributed by atoms with E-state index in [1.54, 1.807) is 24.3 Å². The monoisotopic (exact) mass is 326 g/mol. The van der Waals surface area contributed by atoms with E-state index in [-0.39, 0.29) is 13.2 Å². The molecule has 0 fully saturated rings. The van der Waals surface area contributed by atoms with Crippen molar-refractivity contribution >= 4 is 18.1 Å². The van der Waals surface area contributed by atoms with E-state index in [0.29, 0.717) is 11.3 Å². The summed E-state index contributed by atoms with van der Waals surface area (Å²) in [5.41, 5.74) is 1.94. The van der Waals surface area contributed by atoms with Crippen molar-refractivity contribution in [2.75, 3.05) is 13.7 Å². The third-order valence-corrected chi connectivity index (χ3v) is 3.07. The number of esters is 1. The Balaban J connectivity index is 1.76. The minimum atomic E-state index is -0.500. The lowest BCUT2D eigenvalue weighted by Crippen LogP contribution is -2.24. The molecule has 1 aromatic heterocycles. The van der Waals surface area contributed by atoms with E-state index in [9.17, 15) is 9.59 Å². The summed E-state index contributed by atoms with van der Waals surface area (Å²) in [5, 5.41) is 2.60. The van der Waals surface area contributed by atoms with Gasteiger partial charge in [-0.25, -0.2) is 9.59 Å². The van der Waals surface area contributed by atoms with Gasteiger partial charge in [-0.05, 0) is 23.8 Å². The van der Waals surface area contributed by atoms with Gasteiger partial charge >= 0.3 is 12.1 Å². The lowest BCUT2D eigenvalue weighted by atomic mass is 10.2. The summed E-state index contributed by atoms with van der Waals surface area (Å²) in [6, 6.07) is 12.6. The van der Waals surface area contributed by atoms with Crippen molar-refractivity contribution < 1.29 is 19.1 Å². The van der Waals surface area contributed by atoms with E-state index < -0.39 is 12.1 Å². The van der Waals surface area contributed by atoms with Gasteiger partial charge in [-0.1, -0.05) is 36.4 Å². The Morgan fingerprint density at radius 2 is 2.00 bits per heavy atom. The lowest BCUT2D eigenvalue weighted by Gasteiger charge is -2.05. The molecular weight excluding hydrogens is 308 g/mol. The van der Waals surface area contributed by atoms with Gasteiger partial charge in [0.2, 0.25) is 0 Å². The summed E-state index contributed by atoms with van der Waals surface area (Å²) in [5.74, 6) is -0.422. The molecule has 6 nitrogen and oxygen atoms in total. The number of rotatable bonds is 6. The molecule has 124 valence electrons. The Hall–Kier alpha value is -3.15. The molecule has 1 aromatic carbocycles. The summed E-state index contributed by atoms with van der Waals surface area (Å²) >= 11 is 0. The second-order valence-electron chi connectivity index (χ2n) is 4.81. The van der Waals surface area contributed by atoms with Crippen LogP contribution in [0.3, 0.4) is 0 Å². The SMILES string of the molecule is COC(=O)c1ccnc(C=CCNC(=O)OCc2ccccc2)c1. The predicted octanol–water partition coefficient (Wildman–Crippen LogP) is 2.81. The van der Waals surface area contributed by atoms with Crippen LogP contribution in [0.25, 0.3) is 6.08 Å². The van der Waals surface area contributed by atoms with Crippen molar-refractivity contribution in [3.05, 3.63) is 71.6 Å². The first-order valence-corrected chi connectivity index (χ1v) is 7.34. The maximum atomic E-state index is 11.6. The van der Waals surface area contributed by atoms with E-state index in [1.165, 1.54) is 13.3 Å². The smallest absolute Gasteiger partial charge is 0.407 e. The van der Waals surface area contributed by atoms with Crippen LogP contribution in [-0.4, -0.2) is 30.7 Å². The molecule has 0 atom stereocenters. The Morgan fingerprint density at radius 3 is 2.75 bits per heavy atom. The molecule has 6 heteroatoms. The number of amides is 1. The maximum absolute atomic E-state index is 11.6. The van der Waals surface area contributed by atoms with E-state index in [2.05, 4.69) is 15.0 Å². The van der Waals surface area contributed by atoms with Gasteiger partial charge in [-0.15, -0.1) is 0 Å². The van der Waals surface area contributed by atoms with Crippen LogP contribution in [0.5, 0.6) is 0 Å². The molecule has 0 saturated heterocycles. The highest BCUT2D eigenvalue weighted by Crippen LogP contribution is 2.05. The van der Waals surface area contributed by atoms with Gasteiger partial charge in [0, 0.05) is 12.7 Å². The van der Waals surface area contributed by atoms with Crippen molar-refractivity contribution in [2.24, 2.45) is 0 Å². The number of methoxy groups -OCH3 is 1. The highest BCUT2D eigenvalue weighted by molar-refractivity contribution is 5.89. The molecule has 0 bridgehead atoms. The van der Waals surface area contributed by atoms with E-state index in [0.717, 1.165) is 5.56 Å². The number of benzene rings is 1. The molecule has 2 aromatic rings. The quantitative estimate of drug-likeness (QED) is 0.826. The molecule has 0 spiro atoms. The first-order valence-electron chi connectivity index (χ1n) is 7.34. The second-order valence-corrected chi connectivity index (χ2v) is 4.81. The molecule has 24 heavy (non-hydrogen) atoms. The standard InChI is InChI=1S/C18H18N2O4/c1-23-17(21)15-9-11-19-16(12-15)8-5-10-20-18(22)24-13-14-6-3-2-4-7-14/h2-9,11-12H,10,13H2,1H3,(H,20,22). The van der Waals surface area contributed by atoms with Crippen molar-refractivity contribution in [1.82, 2.24) is 10.3 Å². The first-order chi connectivity index (χ1) is 11.7. The summed E-state index contributed by atoms with van der Waals surface area (Å²) in [4.78, 5) is 27.1. The van der Waals surface area contributed by atoms with Crippen LogP contribution < -0.4 is 5.32 Å². The Labute approximate surface area is 140 Å². The number of pyridine rings is 1. The second kappa shape index (κ2) is 9.09. The molecule has 0 aliphatic rings. The molecule has 0 aliphatic carbocycles. The first kappa shape index (κ1) is 17.2. The van der Waals surface area contributed by atoms with Gasteiger partial charge in [0.1, 0.15) is 6.61 Å². The summed E-state index contributed by atoms with van der Waals surface area (Å²) in [7, 11) is 1.32. The minimum absolute atomic E-state index is 0.221. The Kier molecular flexibility index (Phi) is 6.52. The molecule has 1 N–H and O–H groups in total. The lowest BCUT2D eigenvalue weighted by molar-refractivity contribution is 0.0600. The minimum Gasteiger partial charge on any atom is -0.465 e. The largest absolute Gasteiger partial charge is 0.465 e. The highest BCUT2D eigenvalue weighted by atomic mass is 16.5. The maximum Gasteiger partial charge on any atom is 0.407 e. The van der Waals surface area contributed by atoms with Gasteiger partial charge in [-0.2, -0.15) is 0 Å². The Bertz CT molecular complexity index is 714. The fourth-order valence-corrected chi connectivity index (χ4v) is 1.88. The number of hydrogen-bond acceptors (Lipinski definition) is 5. The van der Waals surface area contributed by atoms with Crippen LogP contribution in [0.2, 0.25) is 0 Å². The van der Waals surface area contributed by atoms with Crippen LogP contribution in [-0.2, 0) is 16.1 Å². The van der Waals surface area contributed by atoms with Crippen LogP contribution in [0.1, 0.15) is 21.6 Å². The number of carbonyl (C=O) groups is 2. The topological polar surface area (TPSA) is 77.5 Å². The summed E-state index contributed by atoms with van der Waals surface area (Å²) in [6.07, 6.45) is 4.43. The number of hydrogen-bond donors (Lipinski definition) is 1. The normalized spacial score (nSPS) is 10.4. The average Bonchev–Trinajstić information content (AvgIpc) is 2.64. The number of aromatic nitrogens is 1. The summed E-state index contributed by atoms with van der Waals surface area (Å²) in [6.45, 7) is 0.511. The van der Waals surface area contributed by atoms with Gasteiger partial charge in [-0.3, -0.25) is 4.98 Å². The fourth-order valence-electron chi connectivity index (χ4n) is 1.88. The molecule has 1 heterocycles. The van der Waals surface area contributed by atoms with E-state index in [1.807, 2.05) is 30.3 Å². The average molecular weight is 326 g/mol. The van der Waals surface area contributed by atoms with Crippen LogP contribution in [0.15, 0.2) is 54.7 Å². The zero-order valence-electron chi connectivity index (χ0n) is 13.3. The molecule has 0 saturated carbocycles. The number of carbonyl (C=O) groups excluding carboxylic acids is 2. The number of nitrogens with zero attached hydrogens (tertiary/aromatic N) is 1. The number of alkyl carbamates (subject to hydrolysis) is 1. The molecule has 2 rings (SSSR count). The van der Waals surface area contributed by atoms with Crippen LogP contribution >= 0.6 is 0 Å². The van der Waals surface area contributed by atoms with Gasteiger partial charge in [0.25, 0.3) is 0 Å². The predicted molar refractivity (Wildman–Crippen MR) is 89.2 cm³/mol.